The molecule has 1 aliphatic heterocycles. The second kappa shape index (κ2) is 7.28. The van der Waals surface area contributed by atoms with Crippen LogP contribution in [0, 0.1) is 11.8 Å². The average molecular weight is 340 g/mol. The third-order valence-electron chi connectivity index (χ3n) is 5.04. The Morgan fingerprint density at radius 1 is 1.12 bits per heavy atom. The maximum atomic E-state index is 12.5. The van der Waals surface area contributed by atoms with Crippen molar-refractivity contribution in [2.75, 3.05) is 6.54 Å². The van der Waals surface area contributed by atoms with Crippen molar-refractivity contribution in [1.29, 1.82) is 0 Å². The summed E-state index contributed by atoms with van der Waals surface area (Å²) in [6, 6.07) is 5.93. The highest BCUT2D eigenvalue weighted by molar-refractivity contribution is 5.96. The van der Waals surface area contributed by atoms with Crippen LogP contribution >= 0.6 is 0 Å². The molecular weight excluding hydrogens is 318 g/mol. The van der Waals surface area contributed by atoms with Gasteiger partial charge in [-0.15, -0.1) is 0 Å². The van der Waals surface area contributed by atoms with Gasteiger partial charge in [-0.25, -0.2) is 0 Å². The van der Waals surface area contributed by atoms with Crippen molar-refractivity contribution in [3.05, 3.63) is 35.4 Å². The summed E-state index contributed by atoms with van der Waals surface area (Å²) in [6.45, 7) is 0.437. The fourth-order valence-electron chi connectivity index (χ4n) is 3.57. The number of amides is 1. The first-order valence-electron chi connectivity index (χ1n) is 8.86. The Labute approximate surface area is 147 Å². The molecular formula is C20H22NO4-. The van der Waals surface area contributed by atoms with Crippen LogP contribution in [0.2, 0.25) is 0 Å². The number of hydrogen-bond donors (Lipinski definition) is 1. The van der Waals surface area contributed by atoms with E-state index in [1.807, 2.05) is 0 Å². The van der Waals surface area contributed by atoms with Gasteiger partial charge in [0.1, 0.15) is 5.60 Å². The molecule has 1 heterocycles. The van der Waals surface area contributed by atoms with Crippen LogP contribution in [-0.2, 0) is 4.79 Å². The molecule has 3 rings (SSSR count). The summed E-state index contributed by atoms with van der Waals surface area (Å²) in [5, 5.41) is 21.5. The fraction of sp³-hybridized carbons (Fsp3) is 0.500. The molecule has 5 heteroatoms. The number of carbonyl (C=O) groups is 2. The maximum absolute atomic E-state index is 12.5. The highest BCUT2D eigenvalue weighted by Crippen LogP contribution is 2.27. The van der Waals surface area contributed by atoms with Crippen LogP contribution in [0.25, 0.3) is 0 Å². The molecule has 1 aliphatic carbocycles. The lowest BCUT2D eigenvalue weighted by molar-refractivity contribution is -0.310. The quantitative estimate of drug-likeness (QED) is 0.817. The largest absolute Gasteiger partial charge is 0.548 e. The summed E-state index contributed by atoms with van der Waals surface area (Å²) in [4.78, 5) is 25.0. The third kappa shape index (κ3) is 4.02. The van der Waals surface area contributed by atoms with Gasteiger partial charge in [0.2, 0.25) is 0 Å². The van der Waals surface area contributed by atoms with Crippen LogP contribution in [0.4, 0.5) is 0 Å². The topological polar surface area (TPSA) is 80.7 Å². The molecule has 0 aromatic heterocycles. The van der Waals surface area contributed by atoms with Crippen molar-refractivity contribution in [3.63, 3.8) is 0 Å². The number of aliphatic carboxylic acids is 1. The Morgan fingerprint density at radius 2 is 1.80 bits per heavy atom. The minimum Gasteiger partial charge on any atom is -0.548 e. The number of likely N-dealkylation sites (tertiary alicyclic amines) is 1. The second-order valence-corrected chi connectivity index (χ2v) is 6.90. The zero-order valence-corrected chi connectivity index (χ0v) is 14.2. The standard InChI is InChI=1S/C20H23NO4/c22-18(21-14-4-5-17(21)19(23)24)16-8-6-15(7-9-16)10-13-20(25)11-2-1-3-12-20/h6-9,17,25H,1-5,11-12,14H2,(H,23,24)/p-1/t17-/m0/s1. The maximum Gasteiger partial charge on any atom is 0.254 e. The van der Waals surface area contributed by atoms with E-state index in [9.17, 15) is 19.8 Å². The molecule has 1 amide bonds. The molecule has 1 saturated carbocycles. The van der Waals surface area contributed by atoms with Crippen LogP contribution < -0.4 is 5.11 Å². The predicted molar refractivity (Wildman–Crippen MR) is 90.4 cm³/mol. The molecule has 0 unspecified atom stereocenters. The van der Waals surface area contributed by atoms with Gasteiger partial charge >= 0.3 is 0 Å². The van der Waals surface area contributed by atoms with Gasteiger partial charge in [0, 0.05) is 17.7 Å². The molecule has 0 radical (unpaired) electrons. The molecule has 1 N–H and O–H groups in total. The third-order valence-corrected chi connectivity index (χ3v) is 5.04. The minimum absolute atomic E-state index is 0.294. The average Bonchev–Trinajstić information content (AvgIpc) is 3.11. The highest BCUT2D eigenvalue weighted by Gasteiger charge is 2.30. The van der Waals surface area contributed by atoms with Gasteiger partial charge in [0.25, 0.3) is 5.91 Å². The first-order chi connectivity index (χ1) is 12.0. The van der Waals surface area contributed by atoms with Crippen molar-refractivity contribution in [2.24, 2.45) is 0 Å². The van der Waals surface area contributed by atoms with Crippen molar-refractivity contribution in [2.45, 2.75) is 56.6 Å². The van der Waals surface area contributed by atoms with E-state index in [4.69, 9.17) is 0 Å². The summed E-state index contributed by atoms with van der Waals surface area (Å²) in [5.41, 5.74) is 0.271. The number of carbonyl (C=O) groups excluding carboxylic acids is 2. The Morgan fingerprint density at radius 3 is 2.44 bits per heavy atom. The van der Waals surface area contributed by atoms with Gasteiger partial charge in [-0.2, -0.15) is 0 Å². The van der Waals surface area contributed by atoms with Crippen molar-refractivity contribution in [1.82, 2.24) is 4.90 Å². The van der Waals surface area contributed by atoms with Crippen LogP contribution in [0.15, 0.2) is 24.3 Å². The van der Waals surface area contributed by atoms with E-state index in [2.05, 4.69) is 11.8 Å². The zero-order chi connectivity index (χ0) is 17.9. The van der Waals surface area contributed by atoms with Crippen molar-refractivity contribution >= 4 is 11.9 Å². The van der Waals surface area contributed by atoms with E-state index in [0.29, 0.717) is 37.8 Å². The summed E-state index contributed by atoms with van der Waals surface area (Å²) in [6.07, 6.45) is 5.65. The van der Waals surface area contributed by atoms with Gasteiger partial charge in [-0.1, -0.05) is 18.3 Å². The number of rotatable bonds is 2. The summed E-state index contributed by atoms with van der Waals surface area (Å²) >= 11 is 0. The Hall–Kier alpha value is -2.32. The molecule has 0 spiro atoms. The van der Waals surface area contributed by atoms with E-state index in [-0.39, 0.29) is 5.91 Å². The number of aliphatic hydroxyl groups is 1. The molecule has 1 atom stereocenters. The lowest BCUT2D eigenvalue weighted by atomic mass is 9.85. The fourth-order valence-corrected chi connectivity index (χ4v) is 3.57. The molecule has 5 nitrogen and oxygen atoms in total. The lowest BCUT2D eigenvalue weighted by Crippen LogP contribution is -2.46. The molecule has 132 valence electrons. The lowest BCUT2D eigenvalue weighted by Gasteiger charge is -2.26. The molecule has 25 heavy (non-hydrogen) atoms. The van der Waals surface area contributed by atoms with Crippen LogP contribution in [0.3, 0.4) is 0 Å². The minimum atomic E-state index is -1.20. The van der Waals surface area contributed by atoms with E-state index < -0.39 is 17.6 Å². The Balaban J connectivity index is 1.70. The molecule has 0 bridgehead atoms. The smallest absolute Gasteiger partial charge is 0.254 e. The molecule has 2 aliphatic rings. The number of benzene rings is 1. The van der Waals surface area contributed by atoms with Gasteiger partial charge in [-0.3, -0.25) is 4.79 Å². The highest BCUT2D eigenvalue weighted by atomic mass is 16.4. The van der Waals surface area contributed by atoms with Gasteiger partial charge in [-0.05, 0) is 62.8 Å². The Bertz CT molecular complexity index is 707. The monoisotopic (exact) mass is 340 g/mol. The van der Waals surface area contributed by atoms with E-state index >= 15 is 0 Å². The SMILES string of the molecule is O=C([O-])[C@@H]1CCCN1C(=O)c1ccc(C#CC2(O)CCCCC2)cc1. The van der Waals surface area contributed by atoms with Crippen LogP contribution in [-0.4, -0.2) is 40.1 Å². The van der Waals surface area contributed by atoms with Crippen molar-refractivity contribution in [3.8, 4) is 11.8 Å². The van der Waals surface area contributed by atoms with Crippen LogP contribution in [0.1, 0.15) is 60.9 Å². The normalized spacial score (nSPS) is 22.1. The summed E-state index contributed by atoms with van der Waals surface area (Å²) in [5.74, 6) is 4.46. The zero-order valence-electron chi connectivity index (χ0n) is 14.2. The first kappa shape index (κ1) is 17.5. The van der Waals surface area contributed by atoms with E-state index in [1.165, 1.54) is 4.90 Å². The predicted octanol–water partition coefficient (Wildman–Crippen LogP) is 1.09. The Kier molecular flexibility index (Phi) is 5.10. The first-order valence-corrected chi connectivity index (χ1v) is 8.86. The van der Waals surface area contributed by atoms with Gasteiger partial charge in [0.05, 0.1) is 12.0 Å². The van der Waals surface area contributed by atoms with E-state index in [1.54, 1.807) is 24.3 Å². The van der Waals surface area contributed by atoms with Gasteiger partial charge < -0.3 is 19.9 Å². The summed E-state index contributed by atoms with van der Waals surface area (Å²) < 4.78 is 0. The molecule has 2 fully saturated rings. The molecule has 1 aromatic rings. The van der Waals surface area contributed by atoms with E-state index in [0.717, 1.165) is 24.8 Å². The number of carboxylic acid groups (broad SMARTS) is 1. The number of hydrogen-bond acceptors (Lipinski definition) is 4. The molecule has 1 aromatic carbocycles. The van der Waals surface area contributed by atoms with Crippen LogP contribution in [0.5, 0.6) is 0 Å². The van der Waals surface area contributed by atoms with Crippen molar-refractivity contribution < 1.29 is 19.8 Å². The number of carboxylic acids is 1. The molecule has 1 saturated heterocycles. The number of nitrogens with zero attached hydrogens (tertiary/aromatic N) is 1. The van der Waals surface area contributed by atoms with Gasteiger partial charge in [0.15, 0.2) is 0 Å². The summed E-state index contributed by atoms with van der Waals surface area (Å²) in [7, 11) is 0. The second-order valence-electron chi connectivity index (χ2n) is 6.90.